The number of rotatable bonds is 4. The van der Waals surface area contributed by atoms with E-state index < -0.39 is 6.10 Å². The van der Waals surface area contributed by atoms with Crippen LogP contribution in [-0.2, 0) is 6.42 Å². The van der Waals surface area contributed by atoms with Gasteiger partial charge < -0.3 is 14.4 Å². The molecule has 0 unspecified atom stereocenters. The highest BCUT2D eigenvalue weighted by Gasteiger charge is 2.38. The molecule has 0 spiro atoms. The van der Waals surface area contributed by atoms with Crippen LogP contribution in [0.5, 0.6) is 0 Å². The molecule has 2 aromatic heterocycles. The van der Waals surface area contributed by atoms with Gasteiger partial charge in [0.25, 0.3) is 5.91 Å². The molecule has 0 bridgehead atoms. The number of aliphatic hydroxyl groups is 1. The summed E-state index contributed by atoms with van der Waals surface area (Å²) in [6, 6.07) is 9.61. The minimum Gasteiger partial charge on any atom is -0.448 e. The zero-order valence-corrected chi connectivity index (χ0v) is 14.2. The largest absolute Gasteiger partial charge is 0.448 e. The number of aliphatic hydroxyl groups excluding tert-OH is 1. The number of hydrogen-bond donors (Lipinski definition) is 1. The molecule has 1 amide bonds. The van der Waals surface area contributed by atoms with Crippen LogP contribution in [0.3, 0.4) is 0 Å². The van der Waals surface area contributed by atoms with Crippen LogP contribution in [0.2, 0.25) is 0 Å². The monoisotopic (exact) mass is 350 g/mol. The van der Waals surface area contributed by atoms with Crippen molar-refractivity contribution in [2.45, 2.75) is 25.5 Å². The fraction of sp³-hybridized carbons (Fsp3) is 0.263. The number of oxazole rings is 1. The number of β-amino-alcohol motifs (C(OH)–C–C–N with tert-alkyl or cyclic N) is 1. The molecule has 3 aromatic rings. The summed E-state index contributed by atoms with van der Waals surface area (Å²) in [5.41, 5.74) is 2.75. The van der Waals surface area contributed by atoms with E-state index in [2.05, 4.69) is 15.0 Å². The van der Waals surface area contributed by atoms with E-state index in [0.717, 1.165) is 11.3 Å². The normalized spacial score (nSPS) is 19.2. The molecule has 4 rings (SSSR count). The maximum Gasteiger partial charge on any atom is 0.276 e. The van der Waals surface area contributed by atoms with E-state index >= 15 is 0 Å². The zero-order chi connectivity index (χ0) is 18.1. The summed E-state index contributed by atoms with van der Waals surface area (Å²) in [7, 11) is 0. The average Bonchev–Trinajstić information content (AvgIpc) is 3.15. The predicted octanol–water partition coefficient (Wildman–Crippen LogP) is 1.93. The van der Waals surface area contributed by atoms with E-state index in [1.54, 1.807) is 24.2 Å². The Morgan fingerprint density at radius 1 is 1.27 bits per heavy atom. The first kappa shape index (κ1) is 16.4. The minimum absolute atomic E-state index is 0.195. The second-order valence-corrected chi connectivity index (χ2v) is 6.33. The summed E-state index contributed by atoms with van der Waals surface area (Å²) in [5, 5.41) is 9.53. The lowest BCUT2D eigenvalue weighted by atomic mass is 10.0. The Morgan fingerprint density at radius 2 is 2.08 bits per heavy atom. The van der Waals surface area contributed by atoms with Crippen molar-refractivity contribution in [2.75, 3.05) is 6.54 Å². The van der Waals surface area contributed by atoms with E-state index in [0.29, 0.717) is 24.6 Å². The first-order chi connectivity index (χ1) is 12.6. The number of benzene rings is 1. The Kier molecular flexibility index (Phi) is 4.22. The number of aromatic nitrogens is 3. The van der Waals surface area contributed by atoms with Gasteiger partial charge in [-0.25, -0.2) is 4.98 Å². The highest BCUT2D eigenvalue weighted by atomic mass is 16.3. The quantitative estimate of drug-likeness (QED) is 0.773. The van der Waals surface area contributed by atoms with Gasteiger partial charge in [-0.3, -0.25) is 14.8 Å². The average molecular weight is 350 g/mol. The van der Waals surface area contributed by atoms with Crippen molar-refractivity contribution in [3.05, 3.63) is 66.3 Å². The molecule has 1 saturated heterocycles. The van der Waals surface area contributed by atoms with E-state index in [1.165, 1.54) is 6.26 Å². The van der Waals surface area contributed by atoms with Crippen LogP contribution in [-0.4, -0.2) is 49.6 Å². The molecule has 1 aliphatic rings. The molecule has 1 aromatic carbocycles. The van der Waals surface area contributed by atoms with Crippen LogP contribution in [0.4, 0.5) is 0 Å². The van der Waals surface area contributed by atoms with Crippen molar-refractivity contribution in [3.8, 4) is 11.3 Å². The Bertz CT molecular complexity index is 908. The van der Waals surface area contributed by atoms with Gasteiger partial charge in [-0.2, -0.15) is 0 Å². The molecule has 0 aliphatic carbocycles. The SMILES string of the molecule is C[C@H]1[C@@H](O)CN1C(=O)c1coc(Cc2cnc(-c3ccccc3)cn2)n1. The number of hydrogen-bond acceptors (Lipinski definition) is 6. The molecule has 26 heavy (non-hydrogen) atoms. The highest BCUT2D eigenvalue weighted by Crippen LogP contribution is 2.21. The van der Waals surface area contributed by atoms with Crippen LogP contribution in [0.25, 0.3) is 11.3 Å². The lowest BCUT2D eigenvalue weighted by Crippen LogP contribution is -2.60. The van der Waals surface area contributed by atoms with Crippen molar-refractivity contribution >= 4 is 5.91 Å². The van der Waals surface area contributed by atoms with Crippen molar-refractivity contribution in [3.63, 3.8) is 0 Å². The Hall–Kier alpha value is -3.06. The van der Waals surface area contributed by atoms with Crippen molar-refractivity contribution < 1.29 is 14.3 Å². The Labute approximate surface area is 150 Å². The molecule has 132 valence electrons. The van der Waals surface area contributed by atoms with Gasteiger partial charge in [-0.1, -0.05) is 30.3 Å². The fourth-order valence-electron chi connectivity index (χ4n) is 2.85. The molecule has 7 nitrogen and oxygen atoms in total. The van der Waals surface area contributed by atoms with E-state index in [-0.39, 0.29) is 17.6 Å². The number of nitrogens with zero attached hydrogens (tertiary/aromatic N) is 4. The van der Waals surface area contributed by atoms with Crippen molar-refractivity contribution in [1.82, 2.24) is 19.9 Å². The maximum atomic E-state index is 12.3. The van der Waals surface area contributed by atoms with Gasteiger partial charge in [-0.15, -0.1) is 0 Å². The summed E-state index contributed by atoms with van der Waals surface area (Å²) in [6.07, 6.45) is 4.63. The van der Waals surface area contributed by atoms with Gasteiger partial charge in [0.15, 0.2) is 5.69 Å². The lowest BCUT2D eigenvalue weighted by Gasteiger charge is -2.42. The number of carbonyl (C=O) groups is 1. The maximum absolute atomic E-state index is 12.3. The number of amides is 1. The molecule has 0 saturated carbocycles. The second kappa shape index (κ2) is 6.68. The highest BCUT2D eigenvalue weighted by molar-refractivity contribution is 5.92. The third-order valence-corrected chi connectivity index (χ3v) is 4.57. The molecule has 3 heterocycles. The number of likely N-dealkylation sites (tertiary alicyclic amines) is 1. The van der Waals surface area contributed by atoms with Crippen molar-refractivity contribution in [1.29, 1.82) is 0 Å². The predicted molar refractivity (Wildman–Crippen MR) is 93.3 cm³/mol. The van der Waals surface area contributed by atoms with Gasteiger partial charge in [0, 0.05) is 18.3 Å². The molecular weight excluding hydrogens is 332 g/mol. The number of carbonyl (C=O) groups excluding carboxylic acids is 1. The van der Waals surface area contributed by atoms with Gasteiger partial charge in [0.1, 0.15) is 6.26 Å². The standard InChI is InChI=1S/C19H18N4O3/c1-12-17(24)10-23(12)19(25)16-11-26-18(22-16)7-14-8-21-15(9-20-14)13-5-3-2-4-6-13/h2-6,8-9,11-12,17,24H,7,10H2,1H3/t12-,17-/m0/s1. The summed E-state index contributed by atoms with van der Waals surface area (Å²) in [5.74, 6) is 0.173. The summed E-state index contributed by atoms with van der Waals surface area (Å²) in [4.78, 5) is 26.9. The van der Waals surface area contributed by atoms with Gasteiger partial charge in [0.2, 0.25) is 5.89 Å². The lowest BCUT2D eigenvalue weighted by molar-refractivity contribution is -0.0360. The van der Waals surface area contributed by atoms with Gasteiger partial charge in [0.05, 0.1) is 36.2 Å². The van der Waals surface area contributed by atoms with Crippen LogP contribution in [0.15, 0.2) is 53.4 Å². The summed E-state index contributed by atoms with van der Waals surface area (Å²) in [6.45, 7) is 2.13. The third-order valence-electron chi connectivity index (χ3n) is 4.57. The molecule has 7 heteroatoms. The molecular formula is C19H18N4O3. The molecule has 1 fully saturated rings. The van der Waals surface area contributed by atoms with E-state index in [9.17, 15) is 9.90 Å². The van der Waals surface area contributed by atoms with Crippen LogP contribution < -0.4 is 0 Å². The summed E-state index contributed by atoms with van der Waals surface area (Å²) < 4.78 is 5.40. The fourth-order valence-corrected chi connectivity index (χ4v) is 2.85. The molecule has 1 N–H and O–H groups in total. The first-order valence-corrected chi connectivity index (χ1v) is 8.41. The van der Waals surface area contributed by atoms with Crippen LogP contribution in [0.1, 0.15) is 29.0 Å². The van der Waals surface area contributed by atoms with Gasteiger partial charge in [-0.05, 0) is 6.92 Å². The minimum atomic E-state index is -0.469. The Morgan fingerprint density at radius 3 is 2.73 bits per heavy atom. The molecule has 1 aliphatic heterocycles. The molecule has 2 atom stereocenters. The third kappa shape index (κ3) is 3.09. The topological polar surface area (TPSA) is 92.3 Å². The zero-order valence-electron chi connectivity index (χ0n) is 14.2. The van der Waals surface area contributed by atoms with Crippen LogP contribution in [0, 0.1) is 0 Å². The van der Waals surface area contributed by atoms with Crippen molar-refractivity contribution in [2.24, 2.45) is 0 Å². The molecule has 0 radical (unpaired) electrons. The Balaban J connectivity index is 1.43. The second-order valence-electron chi connectivity index (χ2n) is 6.33. The van der Waals surface area contributed by atoms with Crippen LogP contribution >= 0.6 is 0 Å². The van der Waals surface area contributed by atoms with Gasteiger partial charge >= 0.3 is 0 Å². The van der Waals surface area contributed by atoms with E-state index in [4.69, 9.17) is 4.42 Å². The smallest absolute Gasteiger partial charge is 0.276 e. The summed E-state index contributed by atoms with van der Waals surface area (Å²) >= 11 is 0. The first-order valence-electron chi connectivity index (χ1n) is 8.41. The van der Waals surface area contributed by atoms with E-state index in [1.807, 2.05) is 30.3 Å².